The number of carbonyl (C=O) groups is 1. The number of aldehydes is 1. The van der Waals surface area contributed by atoms with Gasteiger partial charge in [-0.1, -0.05) is 12.5 Å². The van der Waals surface area contributed by atoms with Crippen LogP contribution in [-0.4, -0.2) is 52.0 Å². The molecule has 3 N–H and O–H groups in total. The van der Waals surface area contributed by atoms with E-state index in [0.717, 1.165) is 19.3 Å². The Balaban J connectivity index is 1.96. The number of rotatable bonds is 8. The summed E-state index contributed by atoms with van der Waals surface area (Å²) in [6, 6.07) is 5.82. The van der Waals surface area contributed by atoms with Gasteiger partial charge in [-0.05, 0) is 38.0 Å². The molecule has 1 aromatic carbocycles. The first-order valence-electron chi connectivity index (χ1n) is 9.92. The van der Waals surface area contributed by atoms with E-state index in [-0.39, 0.29) is 39.5 Å². The van der Waals surface area contributed by atoms with Crippen molar-refractivity contribution in [2.45, 2.75) is 37.7 Å². The lowest BCUT2D eigenvalue weighted by atomic mass is 10.1. The van der Waals surface area contributed by atoms with Crippen molar-refractivity contribution in [1.82, 2.24) is 9.29 Å². The van der Waals surface area contributed by atoms with Gasteiger partial charge in [-0.25, -0.2) is 18.0 Å². The molecule has 33 heavy (non-hydrogen) atoms. The number of aromatic hydroxyl groups is 1. The minimum Gasteiger partial charge on any atom is -0.505 e. The third-order valence-electron chi connectivity index (χ3n) is 4.99. The summed E-state index contributed by atoms with van der Waals surface area (Å²) in [7, 11) is -8.59. The molecule has 2 heterocycles. The van der Waals surface area contributed by atoms with Gasteiger partial charge in [0.05, 0.1) is 28.4 Å². The average Bonchev–Trinajstić information content (AvgIpc) is 2.78. The van der Waals surface area contributed by atoms with Gasteiger partial charge in [-0.15, -0.1) is 10.2 Å². The fourth-order valence-corrected chi connectivity index (χ4v) is 5.16. The zero-order valence-corrected chi connectivity index (χ0v) is 19.4. The van der Waals surface area contributed by atoms with Crippen LogP contribution in [0.1, 0.15) is 40.9 Å². The second-order valence-electron chi connectivity index (χ2n) is 7.31. The maximum Gasteiger partial charge on any atom is 0.469 e. The standard InChI is InChI=1S/C19H23N4O8PS/c1-13-18(25)16(11-24)17(12-31-32(26,27)28)19(20-13)22-21-14-6-5-7-15(10-14)33(29,30)23-8-3-2-4-9-23/h5-7,10-11,25H,2-4,8-9,12H2,1H3,(H2,26,27,28). The molecule has 0 radical (unpaired) electrons. The molecular formula is C19H23N4O8PS. The molecule has 1 aliphatic rings. The minimum atomic E-state index is -4.89. The van der Waals surface area contributed by atoms with Gasteiger partial charge in [0.15, 0.2) is 12.1 Å². The molecule has 0 spiro atoms. The lowest BCUT2D eigenvalue weighted by molar-refractivity contribution is 0.111. The first-order valence-corrected chi connectivity index (χ1v) is 12.9. The van der Waals surface area contributed by atoms with E-state index in [2.05, 4.69) is 19.7 Å². The summed E-state index contributed by atoms with van der Waals surface area (Å²) in [5.74, 6) is -0.701. The third kappa shape index (κ3) is 6.08. The fraction of sp³-hybridized carbons (Fsp3) is 0.368. The van der Waals surface area contributed by atoms with Crippen molar-refractivity contribution in [2.75, 3.05) is 13.1 Å². The second-order valence-corrected chi connectivity index (χ2v) is 10.5. The number of carbonyl (C=O) groups excluding carboxylic acids is 1. The van der Waals surface area contributed by atoms with Crippen molar-refractivity contribution in [3.8, 4) is 5.75 Å². The Hall–Kier alpha value is -2.54. The Morgan fingerprint density at radius 2 is 1.91 bits per heavy atom. The fourth-order valence-electron chi connectivity index (χ4n) is 3.30. The quantitative estimate of drug-likeness (QED) is 0.280. The summed E-state index contributed by atoms with van der Waals surface area (Å²) in [6.07, 6.45) is 2.86. The molecule has 0 unspecified atom stereocenters. The maximum absolute atomic E-state index is 12.9. The number of hydrogen-bond acceptors (Lipinski definition) is 9. The van der Waals surface area contributed by atoms with Crippen LogP contribution in [0, 0.1) is 6.92 Å². The first-order chi connectivity index (χ1) is 15.5. The van der Waals surface area contributed by atoms with Crippen molar-refractivity contribution in [3.63, 3.8) is 0 Å². The smallest absolute Gasteiger partial charge is 0.469 e. The molecule has 0 bridgehead atoms. The van der Waals surface area contributed by atoms with Gasteiger partial charge in [0.25, 0.3) is 0 Å². The van der Waals surface area contributed by atoms with Gasteiger partial charge in [0.2, 0.25) is 10.0 Å². The van der Waals surface area contributed by atoms with Crippen molar-refractivity contribution < 1.29 is 37.2 Å². The lowest BCUT2D eigenvalue weighted by Crippen LogP contribution is -2.35. The number of phosphoric acid groups is 1. The molecule has 1 fully saturated rings. The van der Waals surface area contributed by atoms with Crippen LogP contribution in [0.2, 0.25) is 0 Å². The summed E-state index contributed by atoms with van der Waals surface area (Å²) in [5, 5.41) is 18.0. The highest BCUT2D eigenvalue weighted by molar-refractivity contribution is 7.89. The van der Waals surface area contributed by atoms with Gasteiger partial charge < -0.3 is 14.9 Å². The lowest BCUT2D eigenvalue weighted by Gasteiger charge is -2.25. The largest absolute Gasteiger partial charge is 0.505 e. The Labute approximate surface area is 190 Å². The van der Waals surface area contributed by atoms with Gasteiger partial charge >= 0.3 is 7.82 Å². The Bertz CT molecular complexity index is 1220. The molecule has 1 aliphatic heterocycles. The van der Waals surface area contributed by atoms with Gasteiger partial charge in [0, 0.05) is 18.7 Å². The highest BCUT2D eigenvalue weighted by Crippen LogP contribution is 2.40. The van der Waals surface area contributed by atoms with E-state index in [9.17, 15) is 22.9 Å². The first kappa shape index (κ1) is 25.1. The molecule has 1 saturated heterocycles. The predicted octanol–water partition coefficient (Wildman–Crippen LogP) is 3.11. The molecule has 178 valence electrons. The molecule has 1 aromatic heterocycles. The molecular weight excluding hydrogens is 475 g/mol. The minimum absolute atomic E-state index is 0.0346. The monoisotopic (exact) mass is 498 g/mol. The van der Waals surface area contributed by atoms with Crippen molar-refractivity contribution in [3.05, 3.63) is 41.1 Å². The van der Waals surface area contributed by atoms with E-state index >= 15 is 0 Å². The number of pyridine rings is 1. The van der Waals surface area contributed by atoms with Crippen LogP contribution >= 0.6 is 7.82 Å². The van der Waals surface area contributed by atoms with E-state index in [1.54, 1.807) is 0 Å². The molecule has 2 aromatic rings. The van der Waals surface area contributed by atoms with Crippen molar-refractivity contribution >= 4 is 35.6 Å². The molecule has 12 nitrogen and oxygen atoms in total. The van der Waals surface area contributed by atoms with Crippen molar-refractivity contribution in [1.29, 1.82) is 0 Å². The van der Waals surface area contributed by atoms with E-state index in [0.29, 0.717) is 13.1 Å². The van der Waals surface area contributed by atoms with Crippen LogP contribution in [0.3, 0.4) is 0 Å². The number of sulfonamides is 1. The number of piperidine rings is 1. The highest BCUT2D eigenvalue weighted by Gasteiger charge is 2.26. The van der Waals surface area contributed by atoms with Gasteiger partial charge in [-0.3, -0.25) is 9.32 Å². The van der Waals surface area contributed by atoms with Gasteiger partial charge in [0.1, 0.15) is 5.75 Å². The second kappa shape index (κ2) is 10.2. The van der Waals surface area contributed by atoms with E-state index in [1.165, 1.54) is 35.5 Å². The van der Waals surface area contributed by atoms with Crippen LogP contribution in [0.25, 0.3) is 0 Å². The average molecular weight is 498 g/mol. The molecule has 0 atom stereocenters. The van der Waals surface area contributed by atoms with Crippen LogP contribution in [0.15, 0.2) is 39.4 Å². The maximum atomic E-state index is 12.9. The Kier molecular flexibility index (Phi) is 7.73. The highest BCUT2D eigenvalue weighted by atomic mass is 32.2. The normalized spacial score (nSPS) is 15.7. The van der Waals surface area contributed by atoms with Crippen LogP contribution in [-0.2, 0) is 25.7 Å². The summed E-state index contributed by atoms with van der Waals surface area (Å²) in [5.41, 5.74) is -0.272. The van der Waals surface area contributed by atoms with Crippen LogP contribution in [0.4, 0.5) is 11.5 Å². The Morgan fingerprint density at radius 1 is 1.21 bits per heavy atom. The van der Waals surface area contributed by atoms with E-state index in [1.807, 2.05) is 0 Å². The molecule has 0 aliphatic carbocycles. The number of hydrogen-bond donors (Lipinski definition) is 3. The zero-order chi connectivity index (χ0) is 24.2. The molecule has 0 saturated carbocycles. The summed E-state index contributed by atoms with van der Waals surface area (Å²) < 4.78 is 42.8. The van der Waals surface area contributed by atoms with Crippen LogP contribution in [0.5, 0.6) is 5.75 Å². The summed E-state index contributed by atoms with van der Waals surface area (Å²) in [4.78, 5) is 33.5. The third-order valence-corrected chi connectivity index (χ3v) is 7.35. The SMILES string of the molecule is Cc1nc(N=Nc2cccc(S(=O)(=O)N3CCCCC3)c2)c(COP(=O)(O)O)c(C=O)c1O. The Morgan fingerprint density at radius 3 is 2.55 bits per heavy atom. The number of benzene rings is 1. The molecule has 0 amide bonds. The number of aromatic nitrogens is 1. The number of aryl methyl sites for hydroxylation is 1. The van der Waals surface area contributed by atoms with Gasteiger partial charge in [-0.2, -0.15) is 4.31 Å². The number of nitrogens with zero attached hydrogens (tertiary/aromatic N) is 4. The predicted molar refractivity (Wildman–Crippen MR) is 116 cm³/mol. The summed E-state index contributed by atoms with van der Waals surface area (Å²) in [6.45, 7) is 1.53. The van der Waals surface area contributed by atoms with E-state index in [4.69, 9.17) is 9.79 Å². The zero-order valence-electron chi connectivity index (χ0n) is 17.7. The number of azo groups is 1. The summed E-state index contributed by atoms with van der Waals surface area (Å²) >= 11 is 0. The molecule has 3 rings (SSSR count). The molecule has 14 heteroatoms. The van der Waals surface area contributed by atoms with Crippen LogP contribution < -0.4 is 0 Å². The van der Waals surface area contributed by atoms with Crippen molar-refractivity contribution in [2.24, 2.45) is 10.2 Å². The number of phosphoric ester groups is 1. The topological polar surface area (TPSA) is 179 Å². The van der Waals surface area contributed by atoms with E-state index < -0.39 is 30.2 Å².